The molecular weight excluding hydrogens is 472 g/mol. The molecule has 0 spiro atoms. The second-order valence-electron chi connectivity index (χ2n) is 7.97. The maximum absolute atomic E-state index is 11.1. The van der Waals surface area contributed by atoms with Crippen molar-refractivity contribution in [2.45, 2.75) is 25.7 Å². The Morgan fingerprint density at radius 1 is 0.556 bits per heavy atom. The molecule has 0 aliphatic heterocycles. The first-order chi connectivity index (χ1) is 17.8. The van der Waals surface area contributed by atoms with Gasteiger partial charge in [0.2, 0.25) is 0 Å². The third kappa shape index (κ3) is 29.5. The summed E-state index contributed by atoms with van der Waals surface area (Å²) in [6, 6.07) is 0. The molecule has 0 saturated heterocycles. The smallest absolute Gasteiger partial charge is 0.123 e. The van der Waals surface area contributed by atoms with Crippen LogP contribution in [-0.2, 0) is 42.7 Å². The van der Waals surface area contributed by atoms with Crippen LogP contribution in [0.25, 0.3) is 0 Å². The molecule has 0 aromatic carbocycles. The lowest BCUT2D eigenvalue weighted by molar-refractivity contribution is -0.112. The summed E-state index contributed by atoms with van der Waals surface area (Å²) in [4.78, 5) is 11.1. The summed E-state index contributed by atoms with van der Waals surface area (Å²) in [6.07, 6.45) is 4.91. The number of hydrogen-bond donors (Lipinski definition) is 2. The van der Waals surface area contributed by atoms with E-state index in [0.717, 1.165) is 38.5 Å². The van der Waals surface area contributed by atoms with Gasteiger partial charge in [-0.1, -0.05) is 6.42 Å². The van der Waals surface area contributed by atoms with Gasteiger partial charge in [0.15, 0.2) is 0 Å². The molecule has 0 amide bonds. The summed E-state index contributed by atoms with van der Waals surface area (Å²) in [5.74, 6) is 0.0906. The highest BCUT2D eigenvalue weighted by Gasteiger charge is 2.06. The minimum atomic E-state index is 0.0906. The Morgan fingerprint density at radius 3 is 1.25 bits per heavy atom. The largest absolute Gasteiger partial charge is 0.379 e. The average molecular weight is 525 g/mol. The fraction of sp³-hybridized carbons (Fsp3) is 0.960. The van der Waals surface area contributed by atoms with E-state index in [1.807, 2.05) is 7.05 Å². The molecule has 36 heavy (non-hydrogen) atoms. The highest BCUT2D eigenvalue weighted by Crippen LogP contribution is 2.10. The van der Waals surface area contributed by atoms with Crippen molar-refractivity contribution in [1.29, 1.82) is 0 Å². The van der Waals surface area contributed by atoms with Crippen molar-refractivity contribution in [3.05, 3.63) is 0 Å². The van der Waals surface area contributed by atoms with Crippen LogP contribution in [0.2, 0.25) is 0 Å². The maximum Gasteiger partial charge on any atom is 0.123 e. The van der Waals surface area contributed by atoms with Crippen LogP contribution in [0.5, 0.6) is 0 Å². The van der Waals surface area contributed by atoms with Gasteiger partial charge in [0.1, 0.15) is 6.29 Å². The zero-order chi connectivity index (χ0) is 26.2. The van der Waals surface area contributed by atoms with E-state index in [9.17, 15) is 4.79 Å². The van der Waals surface area contributed by atoms with Crippen LogP contribution in [-0.4, -0.2) is 132 Å². The second-order valence-corrected chi connectivity index (χ2v) is 7.97. The van der Waals surface area contributed by atoms with Crippen molar-refractivity contribution in [2.24, 2.45) is 11.7 Å². The number of carbonyl (C=O) groups excluding carboxylic acids is 1. The molecule has 0 heterocycles. The number of nitrogens with one attached hydrogen (secondary N) is 1. The quantitative estimate of drug-likeness (QED) is 0.0952. The van der Waals surface area contributed by atoms with Crippen LogP contribution in [0, 0.1) is 5.92 Å². The van der Waals surface area contributed by atoms with Crippen molar-refractivity contribution in [1.82, 2.24) is 5.32 Å². The highest BCUT2D eigenvalue weighted by atomic mass is 16.6. The van der Waals surface area contributed by atoms with Gasteiger partial charge in [-0.15, -0.1) is 0 Å². The summed E-state index contributed by atoms with van der Waals surface area (Å²) in [5.41, 5.74) is 5.32. The fourth-order valence-electron chi connectivity index (χ4n) is 2.95. The van der Waals surface area contributed by atoms with E-state index in [-0.39, 0.29) is 5.92 Å². The lowest BCUT2D eigenvalue weighted by atomic mass is 10.0. The molecule has 0 saturated carbocycles. The van der Waals surface area contributed by atoms with Crippen LogP contribution in [0.4, 0.5) is 0 Å². The summed E-state index contributed by atoms with van der Waals surface area (Å²) in [7, 11) is 1.94. The van der Waals surface area contributed by atoms with Gasteiger partial charge in [0.05, 0.1) is 99.1 Å². The molecule has 1 unspecified atom stereocenters. The number of rotatable bonds is 32. The first-order valence-electron chi connectivity index (χ1n) is 13.3. The number of ether oxygens (including phenoxy) is 8. The van der Waals surface area contributed by atoms with E-state index in [2.05, 4.69) is 5.32 Å². The fourth-order valence-corrected chi connectivity index (χ4v) is 2.95. The Kier molecular flexibility index (Phi) is 31.6. The van der Waals surface area contributed by atoms with Crippen molar-refractivity contribution in [2.75, 3.05) is 126 Å². The third-order valence-corrected chi connectivity index (χ3v) is 4.94. The number of unbranched alkanes of at least 4 members (excludes halogenated alkanes) is 1. The van der Waals surface area contributed by atoms with Gasteiger partial charge < -0.3 is 53.7 Å². The van der Waals surface area contributed by atoms with Crippen LogP contribution < -0.4 is 11.1 Å². The number of carbonyl (C=O) groups is 1. The lowest BCUT2D eigenvalue weighted by Crippen LogP contribution is -2.15. The molecular formula is C25H52N2O9. The summed E-state index contributed by atoms with van der Waals surface area (Å²) in [6.45, 7) is 10.0. The van der Waals surface area contributed by atoms with E-state index in [4.69, 9.17) is 43.6 Å². The van der Waals surface area contributed by atoms with Crippen LogP contribution >= 0.6 is 0 Å². The molecule has 0 aromatic heterocycles. The van der Waals surface area contributed by atoms with Crippen LogP contribution in [0.3, 0.4) is 0 Å². The third-order valence-electron chi connectivity index (χ3n) is 4.94. The SMILES string of the molecule is CNCCCCC(C=O)CCOCCOCCOCCOCCOCCOCCOCCOCCN. The molecule has 0 aromatic rings. The predicted octanol–water partition coefficient (Wildman–Crippen LogP) is 0.673. The van der Waals surface area contributed by atoms with E-state index >= 15 is 0 Å². The lowest BCUT2D eigenvalue weighted by Gasteiger charge is -2.11. The summed E-state index contributed by atoms with van der Waals surface area (Å²) in [5, 5.41) is 3.12. The first kappa shape index (κ1) is 35.3. The second kappa shape index (κ2) is 32.3. The van der Waals surface area contributed by atoms with Crippen LogP contribution in [0.1, 0.15) is 25.7 Å². The maximum atomic E-state index is 11.1. The highest BCUT2D eigenvalue weighted by molar-refractivity contribution is 5.53. The molecule has 216 valence electrons. The monoisotopic (exact) mass is 524 g/mol. The van der Waals surface area contributed by atoms with Gasteiger partial charge in [-0.2, -0.15) is 0 Å². The number of aldehydes is 1. The Morgan fingerprint density at radius 2 is 0.917 bits per heavy atom. The number of hydrogen-bond acceptors (Lipinski definition) is 11. The predicted molar refractivity (Wildman–Crippen MR) is 138 cm³/mol. The van der Waals surface area contributed by atoms with E-state index < -0.39 is 0 Å². The molecule has 0 radical (unpaired) electrons. The summed E-state index contributed by atoms with van der Waals surface area (Å²) >= 11 is 0. The molecule has 11 heteroatoms. The normalized spacial score (nSPS) is 12.3. The van der Waals surface area contributed by atoms with Crippen molar-refractivity contribution < 1.29 is 42.7 Å². The molecule has 0 aliphatic carbocycles. The molecule has 0 rings (SSSR count). The molecule has 11 nitrogen and oxygen atoms in total. The van der Waals surface area contributed by atoms with Crippen LogP contribution in [0.15, 0.2) is 0 Å². The molecule has 0 aliphatic rings. The Labute approximate surface area is 217 Å². The summed E-state index contributed by atoms with van der Waals surface area (Å²) < 4.78 is 43.3. The van der Waals surface area contributed by atoms with Crippen molar-refractivity contribution >= 4 is 6.29 Å². The topological polar surface area (TPSA) is 129 Å². The minimum Gasteiger partial charge on any atom is -0.379 e. The van der Waals surface area contributed by atoms with Crippen molar-refractivity contribution in [3.8, 4) is 0 Å². The van der Waals surface area contributed by atoms with Gasteiger partial charge in [0, 0.05) is 19.1 Å². The standard InChI is InChI=1S/C25H52N2O9/c1-27-7-3-2-4-25(24-28)5-8-29-10-12-31-14-16-33-18-20-35-22-23-36-21-19-34-17-15-32-13-11-30-9-6-26/h24-25,27H,2-23,26H2,1H3. The van der Waals surface area contributed by atoms with Gasteiger partial charge in [-0.25, -0.2) is 0 Å². The Bertz CT molecular complexity index is 423. The van der Waals surface area contributed by atoms with Gasteiger partial charge in [-0.05, 0) is 32.9 Å². The zero-order valence-corrected chi connectivity index (χ0v) is 22.5. The molecule has 1 atom stereocenters. The van der Waals surface area contributed by atoms with Crippen molar-refractivity contribution in [3.63, 3.8) is 0 Å². The van der Waals surface area contributed by atoms with Gasteiger partial charge in [-0.3, -0.25) is 0 Å². The van der Waals surface area contributed by atoms with E-state index in [0.29, 0.717) is 112 Å². The minimum absolute atomic E-state index is 0.0906. The van der Waals surface area contributed by atoms with E-state index in [1.54, 1.807) is 0 Å². The Balaban J connectivity index is 3.13. The average Bonchev–Trinajstić information content (AvgIpc) is 2.89. The molecule has 0 bridgehead atoms. The molecule has 3 N–H and O–H groups in total. The molecule has 0 fully saturated rings. The Hall–Kier alpha value is -0.730. The number of nitrogens with two attached hydrogens (primary N) is 1. The van der Waals surface area contributed by atoms with Gasteiger partial charge in [0.25, 0.3) is 0 Å². The first-order valence-corrected chi connectivity index (χ1v) is 13.3. The van der Waals surface area contributed by atoms with Gasteiger partial charge >= 0.3 is 0 Å². The van der Waals surface area contributed by atoms with E-state index in [1.165, 1.54) is 0 Å². The zero-order valence-electron chi connectivity index (χ0n) is 22.5.